The number of hydrogen-bond donors (Lipinski definition) is 2. The zero-order chi connectivity index (χ0) is 13.2. The molecule has 1 aliphatic rings. The predicted molar refractivity (Wildman–Crippen MR) is 68.6 cm³/mol. The molecule has 2 unspecified atom stereocenters. The fourth-order valence-corrected chi connectivity index (χ4v) is 3.68. The van der Waals surface area contributed by atoms with Gasteiger partial charge in [-0.3, -0.25) is 4.79 Å². The molecule has 0 aromatic heterocycles. The molecule has 3 N–H and O–H groups in total. The van der Waals surface area contributed by atoms with Crippen LogP contribution in [0, 0.1) is 0 Å². The highest BCUT2D eigenvalue weighted by Crippen LogP contribution is 2.14. The molecule has 1 saturated heterocycles. The summed E-state index contributed by atoms with van der Waals surface area (Å²) in [5, 5.41) is 2.69. The molecule has 0 bridgehead atoms. The van der Waals surface area contributed by atoms with Crippen LogP contribution in [0.3, 0.4) is 0 Å². The maximum absolute atomic E-state index is 11.9. The van der Waals surface area contributed by atoms with Gasteiger partial charge < -0.3 is 11.1 Å². The number of benzene rings is 1. The highest BCUT2D eigenvalue weighted by Gasteiger charge is 2.30. The number of sulfone groups is 1. The van der Waals surface area contributed by atoms with E-state index in [9.17, 15) is 13.2 Å². The molecule has 98 valence electrons. The number of rotatable bonds is 3. The molecular formula is C12H16N2O3S. The Morgan fingerprint density at radius 2 is 2.00 bits per heavy atom. The average molecular weight is 268 g/mol. The zero-order valence-corrected chi connectivity index (χ0v) is 10.7. The van der Waals surface area contributed by atoms with Crippen LogP contribution in [0.4, 0.5) is 0 Å². The van der Waals surface area contributed by atoms with Gasteiger partial charge in [0.15, 0.2) is 9.84 Å². The Kier molecular flexibility index (Phi) is 3.68. The molecule has 1 aliphatic heterocycles. The van der Waals surface area contributed by atoms with Crippen molar-refractivity contribution in [1.29, 1.82) is 0 Å². The normalized spacial score (nSPS) is 23.5. The first-order valence-electron chi connectivity index (χ1n) is 5.79. The van der Waals surface area contributed by atoms with Gasteiger partial charge in [0.05, 0.1) is 11.5 Å². The van der Waals surface area contributed by atoms with Crippen LogP contribution >= 0.6 is 0 Å². The summed E-state index contributed by atoms with van der Waals surface area (Å²) in [5.74, 6) is -0.179. The van der Waals surface area contributed by atoms with Crippen molar-refractivity contribution >= 4 is 15.7 Å². The Hall–Kier alpha value is -1.40. The van der Waals surface area contributed by atoms with Crippen molar-refractivity contribution in [3.05, 3.63) is 35.9 Å². The highest BCUT2D eigenvalue weighted by atomic mass is 32.2. The van der Waals surface area contributed by atoms with Crippen LogP contribution in [0.2, 0.25) is 0 Å². The molecule has 0 spiro atoms. The Morgan fingerprint density at radius 3 is 2.56 bits per heavy atom. The maximum atomic E-state index is 11.9. The van der Waals surface area contributed by atoms with Gasteiger partial charge in [0.1, 0.15) is 6.04 Å². The summed E-state index contributed by atoms with van der Waals surface area (Å²) in [7, 11) is -2.99. The van der Waals surface area contributed by atoms with Crippen molar-refractivity contribution < 1.29 is 13.2 Å². The van der Waals surface area contributed by atoms with E-state index in [-0.39, 0.29) is 23.5 Å². The smallest absolute Gasteiger partial charge is 0.241 e. The minimum absolute atomic E-state index is 0.0141. The molecule has 1 fully saturated rings. The summed E-state index contributed by atoms with van der Waals surface area (Å²) in [5.41, 5.74) is 6.54. The fourth-order valence-electron chi connectivity index (χ4n) is 2.01. The lowest BCUT2D eigenvalue weighted by molar-refractivity contribution is -0.123. The summed E-state index contributed by atoms with van der Waals surface area (Å²) in [6, 6.07) is 7.94. The number of carbonyl (C=O) groups is 1. The van der Waals surface area contributed by atoms with Gasteiger partial charge in [-0.1, -0.05) is 30.3 Å². The van der Waals surface area contributed by atoms with Gasteiger partial charge in [-0.2, -0.15) is 0 Å². The van der Waals surface area contributed by atoms with Crippen molar-refractivity contribution in [3.63, 3.8) is 0 Å². The third-order valence-electron chi connectivity index (χ3n) is 3.02. The number of hydrogen-bond acceptors (Lipinski definition) is 4. The second-order valence-corrected chi connectivity index (χ2v) is 6.73. The van der Waals surface area contributed by atoms with Crippen molar-refractivity contribution in [3.8, 4) is 0 Å². The first-order chi connectivity index (χ1) is 8.48. The molecule has 2 atom stereocenters. The summed E-state index contributed by atoms with van der Waals surface area (Å²) in [6.45, 7) is 0. The Labute approximate surface area is 106 Å². The van der Waals surface area contributed by atoms with E-state index >= 15 is 0 Å². The molecule has 0 saturated carbocycles. The predicted octanol–water partition coefficient (Wildman–Crippen LogP) is -0.0103. The Balaban J connectivity index is 1.97. The Bertz CT molecular complexity index is 528. The molecule has 1 aromatic rings. The third kappa shape index (κ3) is 3.08. The monoisotopic (exact) mass is 268 g/mol. The lowest BCUT2D eigenvalue weighted by atomic mass is 10.1. The molecule has 5 nitrogen and oxygen atoms in total. The topological polar surface area (TPSA) is 89.3 Å². The lowest BCUT2D eigenvalue weighted by Crippen LogP contribution is -2.41. The van der Waals surface area contributed by atoms with Gasteiger partial charge in [0.2, 0.25) is 5.91 Å². The van der Waals surface area contributed by atoms with Crippen molar-refractivity contribution in [2.75, 3.05) is 11.5 Å². The summed E-state index contributed by atoms with van der Waals surface area (Å²) in [6.07, 6.45) is 0.468. The van der Waals surface area contributed by atoms with Crippen molar-refractivity contribution in [2.24, 2.45) is 5.73 Å². The molecule has 2 rings (SSSR count). The first-order valence-corrected chi connectivity index (χ1v) is 7.61. The average Bonchev–Trinajstić information content (AvgIpc) is 2.68. The van der Waals surface area contributed by atoms with E-state index in [1.807, 2.05) is 18.2 Å². The minimum Gasteiger partial charge on any atom is -0.351 e. The fraction of sp³-hybridized carbons (Fsp3) is 0.417. The molecule has 0 radical (unpaired) electrons. The van der Waals surface area contributed by atoms with Crippen LogP contribution in [0.25, 0.3) is 0 Å². The summed E-state index contributed by atoms with van der Waals surface area (Å²) in [4.78, 5) is 11.9. The van der Waals surface area contributed by atoms with Gasteiger partial charge >= 0.3 is 0 Å². The van der Waals surface area contributed by atoms with E-state index in [4.69, 9.17) is 5.73 Å². The van der Waals surface area contributed by atoms with E-state index in [0.29, 0.717) is 6.42 Å². The number of carbonyl (C=O) groups excluding carboxylic acids is 1. The van der Waals surface area contributed by atoms with E-state index in [2.05, 4.69) is 5.32 Å². The van der Waals surface area contributed by atoms with Crippen LogP contribution in [-0.4, -0.2) is 31.9 Å². The largest absolute Gasteiger partial charge is 0.351 e. The maximum Gasteiger partial charge on any atom is 0.241 e. The summed E-state index contributed by atoms with van der Waals surface area (Å²) >= 11 is 0. The molecule has 1 heterocycles. The third-order valence-corrected chi connectivity index (χ3v) is 4.79. The van der Waals surface area contributed by atoms with E-state index in [1.54, 1.807) is 12.1 Å². The second-order valence-electron chi connectivity index (χ2n) is 4.50. The molecule has 1 aromatic carbocycles. The van der Waals surface area contributed by atoms with Crippen LogP contribution in [-0.2, 0) is 14.6 Å². The van der Waals surface area contributed by atoms with Crippen LogP contribution in [0.5, 0.6) is 0 Å². The Morgan fingerprint density at radius 1 is 1.33 bits per heavy atom. The van der Waals surface area contributed by atoms with Crippen LogP contribution in [0.15, 0.2) is 30.3 Å². The van der Waals surface area contributed by atoms with Gasteiger partial charge in [0, 0.05) is 6.04 Å². The SMILES string of the molecule is NC(C(=O)NC1CCS(=O)(=O)C1)c1ccccc1. The van der Waals surface area contributed by atoms with E-state index in [1.165, 1.54) is 0 Å². The van der Waals surface area contributed by atoms with Crippen molar-refractivity contribution in [1.82, 2.24) is 5.32 Å². The number of nitrogens with two attached hydrogens (primary N) is 1. The van der Waals surface area contributed by atoms with Gasteiger partial charge in [0.25, 0.3) is 0 Å². The van der Waals surface area contributed by atoms with Gasteiger partial charge in [-0.15, -0.1) is 0 Å². The van der Waals surface area contributed by atoms with Gasteiger partial charge in [-0.25, -0.2) is 8.42 Å². The first kappa shape index (κ1) is 13.0. The zero-order valence-electron chi connectivity index (χ0n) is 9.87. The second kappa shape index (κ2) is 5.07. The van der Waals surface area contributed by atoms with E-state index in [0.717, 1.165) is 5.56 Å². The standard InChI is InChI=1S/C12H16N2O3S/c13-11(9-4-2-1-3-5-9)12(15)14-10-6-7-18(16,17)8-10/h1-5,10-11H,6-8,13H2,(H,14,15). The molecule has 6 heteroatoms. The molecule has 18 heavy (non-hydrogen) atoms. The lowest BCUT2D eigenvalue weighted by Gasteiger charge is -2.16. The van der Waals surface area contributed by atoms with Crippen molar-refractivity contribution in [2.45, 2.75) is 18.5 Å². The van der Waals surface area contributed by atoms with Gasteiger partial charge in [-0.05, 0) is 12.0 Å². The number of nitrogens with one attached hydrogen (secondary N) is 1. The molecular weight excluding hydrogens is 252 g/mol. The minimum atomic E-state index is -2.99. The number of amides is 1. The molecule has 0 aliphatic carbocycles. The summed E-state index contributed by atoms with van der Waals surface area (Å²) < 4.78 is 22.6. The van der Waals surface area contributed by atoms with Crippen LogP contribution in [0.1, 0.15) is 18.0 Å². The van der Waals surface area contributed by atoms with Crippen LogP contribution < -0.4 is 11.1 Å². The quantitative estimate of drug-likeness (QED) is 0.807. The highest BCUT2D eigenvalue weighted by molar-refractivity contribution is 7.91. The van der Waals surface area contributed by atoms with E-state index < -0.39 is 15.9 Å². The molecule has 1 amide bonds.